The molecular weight excluding hydrogens is 292 g/mol. The monoisotopic (exact) mass is 314 g/mol. The lowest BCUT2D eigenvalue weighted by molar-refractivity contribution is -0.151. The summed E-state index contributed by atoms with van der Waals surface area (Å²) in [6.45, 7) is 4.82. The first-order chi connectivity index (χ1) is 9.91. The van der Waals surface area contributed by atoms with Crippen LogP contribution in [-0.2, 0) is 14.4 Å². The zero-order chi connectivity index (χ0) is 15.6. The van der Waals surface area contributed by atoms with Crippen LogP contribution >= 0.6 is 11.8 Å². The van der Waals surface area contributed by atoms with Gasteiger partial charge < -0.3 is 14.9 Å². The van der Waals surface area contributed by atoms with Crippen LogP contribution in [0, 0.1) is 11.8 Å². The van der Waals surface area contributed by atoms with Crippen molar-refractivity contribution in [2.45, 2.75) is 32.7 Å². The molecule has 0 bridgehead atoms. The van der Waals surface area contributed by atoms with Crippen molar-refractivity contribution in [3.63, 3.8) is 0 Å². The minimum absolute atomic E-state index is 0.0677. The van der Waals surface area contributed by atoms with Crippen molar-refractivity contribution in [1.29, 1.82) is 0 Å². The SMILES string of the molecule is CC(C)C(=O)N1CCCC(C(=O)N2CSCC2C(=O)O)C1. The predicted molar refractivity (Wildman–Crippen MR) is 79.7 cm³/mol. The molecule has 2 saturated heterocycles. The fourth-order valence-electron chi connectivity index (χ4n) is 2.84. The molecule has 7 heteroatoms. The largest absolute Gasteiger partial charge is 0.480 e. The van der Waals surface area contributed by atoms with Gasteiger partial charge in [-0.25, -0.2) is 4.79 Å². The van der Waals surface area contributed by atoms with E-state index in [0.29, 0.717) is 24.7 Å². The summed E-state index contributed by atoms with van der Waals surface area (Å²) in [5.41, 5.74) is 0. The van der Waals surface area contributed by atoms with Crippen molar-refractivity contribution in [3.8, 4) is 0 Å². The van der Waals surface area contributed by atoms with Crippen LogP contribution in [0.1, 0.15) is 26.7 Å². The third kappa shape index (κ3) is 3.51. The van der Waals surface area contributed by atoms with Crippen molar-refractivity contribution in [2.75, 3.05) is 24.7 Å². The first-order valence-electron chi connectivity index (χ1n) is 7.31. The normalized spacial score (nSPS) is 26.2. The summed E-state index contributed by atoms with van der Waals surface area (Å²) < 4.78 is 0. The van der Waals surface area contributed by atoms with Crippen LogP contribution in [0.4, 0.5) is 0 Å². The Labute approximate surface area is 128 Å². The number of carboxylic acid groups (broad SMARTS) is 1. The van der Waals surface area contributed by atoms with Crippen LogP contribution in [-0.4, -0.2) is 63.5 Å². The first kappa shape index (κ1) is 16.1. The molecule has 21 heavy (non-hydrogen) atoms. The van der Waals surface area contributed by atoms with Crippen molar-refractivity contribution in [3.05, 3.63) is 0 Å². The number of aliphatic carboxylic acids is 1. The number of hydrogen-bond donors (Lipinski definition) is 1. The highest BCUT2D eigenvalue weighted by atomic mass is 32.2. The smallest absolute Gasteiger partial charge is 0.327 e. The molecule has 0 aliphatic carbocycles. The molecule has 2 fully saturated rings. The standard InChI is InChI=1S/C14H22N2O4S/c1-9(2)12(17)15-5-3-4-10(6-15)13(18)16-8-21-7-11(16)14(19)20/h9-11H,3-8H2,1-2H3,(H,19,20). The second-order valence-electron chi connectivity index (χ2n) is 5.94. The quantitative estimate of drug-likeness (QED) is 0.836. The molecule has 0 radical (unpaired) electrons. The molecule has 2 amide bonds. The zero-order valence-electron chi connectivity index (χ0n) is 12.4. The molecule has 0 spiro atoms. The molecular formula is C14H22N2O4S. The minimum Gasteiger partial charge on any atom is -0.480 e. The molecule has 0 saturated carbocycles. The third-order valence-electron chi connectivity index (χ3n) is 4.03. The van der Waals surface area contributed by atoms with Gasteiger partial charge in [-0.05, 0) is 12.8 Å². The van der Waals surface area contributed by atoms with E-state index in [4.69, 9.17) is 0 Å². The molecule has 118 valence electrons. The Morgan fingerprint density at radius 3 is 2.62 bits per heavy atom. The highest BCUT2D eigenvalue weighted by Crippen LogP contribution is 2.27. The zero-order valence-corrected chi connectivity index (χ0v) is 13.3. The molecule has 0 aromatic heterocycles. The van der Waals surface area contributed by atoms with E-state index in [1.807, 2.05) is 13.8 Å². The van der Waals surface area contributed by atoms with Gasteiger partial charge in [-0.15, -0.1) is 11.8 Å². The summed E-state index contributed by atoms with van der Waals surface area (Å²) in [5.74, 6) is -0.451. The predicted octanol–water partition coefficient (Wildman–Crippen LogP) is 0.867. The molecule has 2 aliphatic heterocycles. The average molecular weight is 314 g/mol. The Morgan fingerprint density at radius 2 is 2.00 bits per heavy atom. The summed E-state index contributed by atoms with van der Waals surface area (Å²) in [4.78, 5) is 39.0. The molecule has 6 nitrogen and oxygen atoms in total. The molecule has 2 aliphatic rings. The Morgan fingerprint density at radius 1 is 1.29 bits per heavy atom. The maximum atomic E-state index is 12.6. The van der Waals surface area contributed by atoms with Gasteiger partial charge in [0.1, 0.15) is 6.04 Å². The number of carbonyl (C=O) groups is 3. The number of thioether (sulfide) groups is 1. The number of rotatable bonds is 3. The van der Waals surface area contributed by atoms with Crippen LogP contribution in [0.3, 0.4) is 0 Å². The van der Waals surface area contributed by atoms with E-state index in [2.05, 4.69) is 0 Å². The van der Waals surface area contributed by atoms with Crippen LogP contribution in [0.15, 0.2) is 0 Å². The van der Waals surface area contributed by atoms with E-state index in [0.717, 1.165) is 12.8 Å². The van der Waals surface area contributed by atoms with Gasteiger partial charge in [-0.1, -0.05) is 13.8 Å². The Hall–Kier alpha value is -1.24. The number of carbonyl (C=O) groups excluding carboxylic acids is 2. The fraction of sp³-hybridized carbons (Fsp3) is 0.786. The summed E-state index contributed by atoms with van der Waals surface area (Å²) in [5, 5.41) is 9.17. The van der Waals surface area contributed by atoms with E-state index < -0.39 is 12.0 Å². The molecule has 2 heterocycles. The minimum atomic E-state index is -0.945. The van der Waals surface area contributed by atoms with Crippen LogP contribution in [0.2, 0.25) is 0 Å². The van der Waals surface area contributed by atoms with Gasteiger partial charge in [0.15, 0.2) is 0 Å². The van der Waals surface area contributed by atoms with Crippen LogP contribution in [0.5, 0.6) is 0 Å². The number of nitrogens with zero attached hydrogens (tertiary/aromatic N) is 2. The topological polar surface area (TPSA) is 77.9 Å². The van der Waals surface area contributed by atoms with Gasteiger partial charge >= 0.3 is 5.97 Å². The lowest BCUT2D eigenvalue weighted by Crippen LogP contribution is -2.50. The number of likely N-dealkylation sites (tertiary alicyclic amines) is 1. The van der Waals surface area contributed by atoms with E-state index in [1.165, 1.54) is 16.7 Å². The van der Waals surface area contributed by atoms with Gasteiger partial charge in [0, 0.05) is 24.8 Å². The van der Waals surface area contributed by atoms with Crippen molar-refractivity contribution in [2.24, 2.45) is 11.8 Å². The van der Waals surface area contributed by atoms with Gasteiger partial charge in [0.25, 0.3) is 0 Å². The Bertz CT molecular complexity index is 441. The molecule has 2 rings (SSSR count). The molecule has 2 unspecified atom stereocenters. The summed E-state index contributed by atoms with van der Waals surface area (Å²) in [6.07, 6.45) is 1.53. The maximum Gasteiger partial charge on any atom is 0.327 e. The average Bonchev–Trinajstić information content (AvgIpc) is 2.95. The van der Waals surface area contributed by atoms with E-state index >= 15 is 0 Å². The Balaban J connectivity index is 2.02. The van der Waals surface area contributed by atoms with Crippen molar-refractivity contribution < 1.29 is 19.5 Å². The Kier molecular flexibility index (Phi) is 5.13. The van der Waals surface area contributed by atoms with Crippen LogP contribution in [0.25, 0.3) is 0 Å². The summed E-state index contributed by atoms with van der Waals surface area (Å²) >= 11 is 1.47. The second-order valence-corrected chi connectivity index (χ2v) is 6.94. The fourth-order valence-corrected chi connectivity index (χ4v) is 4.00. The lowest BCUT2D eigenvalue weighted by Gasteiger charge is -2.35. The van der Waals surface area contributed by atoms with Crippen molar-refractivity contribution in [1.82, 2.24) is 9.80 Å². The maximum absolute atomic E-state index is 12.6. The molecule has 0 aromatic rings. The van der Waals surface area contributed by atoms with E-state index in [-0.39, 0.29) is 23.7 Å². The van der Waals surface area contributed by atoms with Gasteiger partial charge in [-0.2, -0.15) is 0 Å². The molecule has 2 atom stereocenters. The molecule has 1 N–H and O–H groups in total. The van der Waals surface area contributed by atoms with E-state index in [9.17, 15) is 19.5 Å². The summed E-state index contributed by atoms with van der Waals surface area (Å²) in [6, 6.07) is -0.723. The van der Waals surface area contributed by atoms with Gasteiger partial charge in [-0.3, -0.25) is 9.59 Å². The van der Waals surface area contributed by atoms with Crippen LogP contribution < -0.4 is 0 Å². The molecule has 0 aromatic carbocycles. The van der Waals surface area contributed by atoms with Crippen molar-refractivity contribution >= 4 is 29.5 Å². The number of amides is 2. The number of piperidine rings is 1. The van der Waals surface area contributed by atoms with Gasteiger partial charge in [0.2, 0.25) is 11.8 Å². The third-order valence-corrected chi connectivity index (χ3v) is 5.04. The second kappa shape index (κ2) is 6.68. The lowest BCUT2D eigenvalue weighted by atomic mass is 9.95. The summed E-state index contributed by atoms with van der Waals surface area (Å²) in [7, 11) is 0. The van der Waals surface area contributed by atoms with Gasteiger partial charge in [0.05, 0.1) is 11.8 Å². The number of carboxylic acids is 1. The number of hydrogen-bond acceptors (Lipinski definition) is 4. The highest BCUT2D eigenvalue weighted by Gasteiger charge is 2.39. The highest BCUT2D eigenvalue weighted by molar-refractivity contribution is 7.99. The van der Waals surface area contributed by atoms with E-state index in [1.54, 1.807) is 4.90 Å². The first-order valence-corrected chi connectivity index (χ1v) is 8.47.